The molecule has 0 atom stereocenters. The maximum absolute atomic E-state index is 13.2. The number of esters is 1. The molecule has 0 radical (unpaired) electrons. The fourth-order valence-electron chi connectivity index (χ4n) is 2.69. The highest BCUT2D eigenvalue weighted by molar-refractivity contribution is 5.99. The Kier molecular flexibility index (Phi) is 5.79. The van der Waals surface area contributed by atoms with Crippen LogP contribution in [0.4, 0.5) is 8.78 Å². The summed E-state index contributed by atoms with van der Waals surface area (Å²) < 4.78 is 30.9. The lowest BCUT2D eigenvalue weighted by molar-refractivity contribution is 0.0600. The minimum atomic E-state index is -0.587. The lowest BCUT2D eigenvalue weighted by Crippen LogP contribution is -2.23. The van der Waals surface area contributed by atoms with Gasteiger partial charge in [0, 0.05) is 12.1 Å². The van der Waals surface area contributed by atoms with Crippen LogP contribution in [0.5, 0.6) is 0 Å². The molecule has 6 heteroatoms. The van der Waals surface area contributed by atoms with Crippen LogP contribution in [-0.4, -0.2) is 19.0 Å². The molecule has 1 N–H and O–H groups in total. The summed E-state index contributed by atoms with van der Waals surface area (Å²) in [6.45, 7) is 0.202. The summed E-state index contributed by atoms with van der Waals surface area (Å²) in [6.07, 6.45) is 0. The molecule has 0 saturated carbocycles. The molecule has 0 bridgehead atoms. The van der Waals surface area contributed by atoms with Gasteiger partial charge in [-0.15, -0.1) is 0 Å². The monoisotopic (exact) mass is 381 g/mol. The maximum atomic E-state index is 13.2. The molecule has 3 aromatic carbocycles. The SMILES string of the molecule is COC(=O)c1cc(C(=O)NCc2ccc(F)cc2)cc(-c2ccc(F)cc2)c1. The first-order chi connectivity index (χ1) is 13.5. The van der Waals surface area contributed by atoms with E-state index in [9.17, 15) is 18.4 Å². The van der Waals surface area contributed by atoms with Crippen molar-refractivity contribution in [1.82, 2.24) is 5.32 Å². The zero-order valence-electron chi connectivity index (χ0n) is 15.0. The van der Waals surface area contributed by atoms with Crippen molar-refractivity contribution in [2.75, 3.05) is 7.11 Å². The molecule has 4 nitrogen and oxygen atoms in total. The van der Waals surface area contributed by atoms with Gasteiger partial charge in [-0.25, -0.2) is 13.6 Å². The van der Waals surface area contributed by atoms with Crippen LogP contribution in [0.15, 0.2) is 66.7 Å². The summed E-state index contributed by atoms with van der Waals surface area (Å²) in [6, 6.07) is 16.1. The van der Waals surface area contributed by atoms with Crippen LogP contribution in [0, 0.1) is 11.6 Å². The highest BCUT2D eigenvalue weighted by atomic mass is 19.1. The minimum absolute atomic E-state index is 0.202. The van der Waals surface area contributed by atoms with Crippen LogP contribution in [0.2, 0.25) is 0 Å². The summed E-state index contributed by atoms with van der Waals surface area (Å²) in [4.78, 5) is 24.6. The summed E-state index contributed by atoms with van der Waals surface area (Å²) >= 11 is 0. The molecule has 0 heterocycles. The number of halogens is 2. The third-order valence-corrected chi connectivity index (χ3v) is 4.16. The summed E-state index contributed by atoms with van der Waals surface area (Å²) in [7, 11) is 1.25. The van der Waals surface area contributed by atoms with Crippen LogP contribution < -0.4 is 5.32 Å². The van der Waals surface area contributed by atoms with Crippen LogP contribution in [0.1, 0.15) is 26.3 Å². The predicted molar refractivity (Wildman–Crippen MR) is 101 cm³/mol. The molecule has 0 aliphatic carbocycles. The van der Waals surface area contributed by atoms with E-state index in [0.29, 0.717) is 11.1 Å². The largest absolute Gasteiger partial charge is 0.465 e. The van der Waals surface area contributed by atoms with Crippen molar-refractivity contribution in [3.63, 3.8) is 0 Å². The molecule has 0 aliphatic heterocycles. The second kappa shape index (κ2) is 8.43. The molecule has 3 rings (SSSR count). The molecule has 0 unspecified atom stereocenters. The van der Waals surface area contributed by atoms with Crippen molar-refractivity contribution in [3.8, 4) is 11.1 Å². The van der Waals surface area contributed by atoms with Gasteiger partial charge in [0.05, 0.1) is 12.7 Å². The zero-order valence-corrected chi connectivity index (χ0v) is 15.0. The molecule has 0 saturated heterocycles. The normalized spacial score (nSPS) is 10.4. The van der Waals surface area contributed by atoms with Crippen LogP contribution in [-0.2, 0) is 11.3 Å². The van der Waals surface area contributed by atoms with Crippen molar-refractivity contribution in [3.05, 3.63) is 95.1 Å². The third kappa shape index (κ3) is 4.59. The van der Waals surface area contributed by atoms with E-state index >= 15 is 0 Å². The Morgan fingerprint density at radius 1 is 0.821 bits per heavy atom. The van der Waals surface area contributed by atoms with Gasteiger partial charge >= 0.3 is 5.97 Å². The van der Waals surface area contributed by atoms with E-state index in [1.54, 1.807) is 36.4 Å². The minimum Gasteiger partial charge on any atom is -0.465 e. The Labute approximate surface area is 160 Å². The van der Waals surface area contributed by atoms with Gasteiger partial charge in [0.15, 0.2) is 0 Å². The van der Waals surface area contributed by atoms with Gasteiger partial charge in [0.25, 0.3) is 5.91 Å². The van der Waals surface area contributed by atoms with Crippen molar-refractivity contribution < 1.29 is 23.1 Å². The molecular formula is C22H17F2NO3. The first-order valence-corrected chi connectivity index (χ1v) is 8.48. The summed E-state index contributed by atoms with van der Waals surface area (Å²) in [5, 5.41) is 2.73. The summed E-state index contributed by atoms with van der Waals surface area (Å²) in [5.41, 5.74) is 2.42. The lowest BCUT2D eigenvalue weighted by Gasteiger charge is -2.10. The molecule has 0 spiro atoms. The first kappa shape index (κ1) is 19.2. The van der Waals surface area contributed by atoms with Gasteiger partial charge in [-0.05, 0) is 59.2 Å². The Morgan fingerprint density at radius 3 is 2.00 bits per heavy atom. The van der Waals surface area contributed by atoms with Crippen LogP contribution in [0.3, 0.4) is 0 Å². The number of benzene rings is 3. The Bertz CT molecular complexity index is 999. The second-order valence-corrected chi connectivity index (χ2v) is 6.11. The average molecular weight is 381 g/mol. The number of nitrogens with one attached hydrogen (secondary N) is 1. The molecule has 142 valence electrons. The third-order valence-electron chi connectivity index (χ3n) is 4.16. The fraction of sp³-hybridized carbons (Fsp3) is 0.0909. The number of hydrogen-bond donors (Lipinski definition) is 1. The van der Waals surface area contributed by atoms with Gasteiger partial charge in [-0.2, -0.15) is 0 Å². The van der Waals surface area contributed by atoms with E-state index in [1.165, 1.54) is 37.4 Å². The number of carbonyl (C=O) groups is 2. The second-order valence-electron chi connectivity index (χ2n) is 6.11. The quantitative estimate of drug-likeness (QED) is 0.669. The van der Waals surface area contributed by atoms with E-state index < -0.39 is 11.9 Å². The Balaban J connectivity index is 1.88. The zero-order chi connectivity index (χ0) is 20.1. The number of hydrogen-bond acceptors (Lipinski definition) is 3. The number of amides is 1. The molecule has 1 amide bonds. The van der Waals surface area contributed by atoms with E-state index in [2.05, 4.69) is 5.32 Å². The van der Waals surface area contributed by atoms with E-state index in [1.807, 2.05) is 0 Å². The fourth-order valence-corrected chi connectivity index (χ4v) is 2.69. The highest BCUT2D eigenvalue weighted by Crippen LogP contribution is 2.23. The van der Waals surface area contributed by atoms with E-state index in [0.717, 1.165) is 5.56 Å². The molecular weight excluding hydrogens is 364 g/mol. The maximum Gasteiger partial charge on any atom is 0.337 e. The van der Waals surface area contributed by atoms with Gasteiger partial charge in [-0.3, -0.25) is 4.79 Å². The van der Waals surface area contributed by atoms with Crippen LogP contribution >= 0.6 is 0 Å². The van der Waals surface area contributed by atoms with E-state index in [4.69, 9.17) is 4.74 Å². The predicted octanol–water partition coefficient (Wildman–Crippen LogP) is 4.35. The molecule has 0 fully saturated rings. The van der Waals surface area contributed by atoms with Crippen molar-refractivity contribution >= 4 is 11.9 Å². The molecule has 0 aliphatic rings. The number of rotatable bonds is 5. The molecule has 3 aromatic rings. The van der Waals surface area contributed by atoms with Gasteiger partial charge in [0.2, 0.25) is 0 Å². The highest BCUT2D eigenvalue weighted by Gasteiger charge is 2.14. The number of carbonyl (C=O) groups excluding carboxylic acids is 2. The number of ether oxygens (including phenoxy) is 1. The average Bonchev–Trinajstić information content (AvgIpc) is 2.72. The van der Waals surface area contributed by atoms with Crippen molar-refractivity contribution in [2.24, 2.45) is 0 Å². The number of methoxy groups -OCH3 is 1. The Hall–Kier alpha value is -3.54. The van der Waals surface area contributed by atoms with Crippen molar-refractivity contribution in [2.45, 2.75) is 6.54 Å². The summed E-state index contributed by atoms with van der Waals surface area (Å²) in [5.74, 6) is -1.73. The van der Waals surface area contributed by atoms with Crippen LogP contribution in [0.25, 0.3) is 11.1 Å². The lowest BCUT2D eigenvalue weighted by atomic mass is 9.99. The topological polar surface area (TPSA) is 55.4 Å². The van der Waals surface area contributed by atoms with Crippen molar-refractivity contribution in [1.29, 1.82) is 0 Å². The van der Waals surface area contributed by atoms with Gasteiger partial charge in [-0.1, -0.05) is 24.3 Å². The van der Waals surface area contributed by atoms with E-state index in [-0.39, 0.29) is 29.3 Å². The smallest absolute Gasteiger partial charge is 0.337 e. The standard InChI is InChI=1S/C22H17F2NO3/c1-28-22(27)18-11-16(15-4-8-20(24)9-5-15)10-17(12-18)21(26)25-13-14-2-6-19(23)7-3-14/h2-12H,13H2,1H3,(H,25,26). The first-order valence-electron chi connectivity index (χ1n) is 8.48. The molecule has 0 aromatic heterocycles. The van der Waals surface area contributed by atoms with Gasteiger partial charge in [0.1, 0.15) is 11.6 Å². The van der Waals surface area contributed by atoms with Gasteiger partial charge < -0.3 is 10.1 Å². The molecule has 28 heavy (non-hydrogen) atoms. The Morgan fingerprint density at radius 2 is 1.39 bits per heavy atom.